The summed E-state index contributed by atoms with van der Waals surface area (Å²) in [7, 11) is 0. The van der Waals surface area contributed by atoms with Crippen molar-refractivity contribution in [3.63, 3.8) is 0 Å². The van der Waals surface area contributed by atoms with E-state index in [1.807, 2.05) is 25.1 Å². The van der Waals surface area contributed by atoms with Gasteiger partial charge in [0.05, 0.1) is 5.69 Å². The number of nitrogens with one attached hydrogen (secondary N) is 3. The van der Waals surface area contributed by atoms with E-state index in [0.717, 1.165) is 11.5 Å². The molecule has 0 fully saturated rings. The van der Waals surface area contributed by atoms with Crippen molar-refractivity contribution in [2.75, 3.05) is 16.0 Å². The van der Waals surface area contributed by atoms with Crippen LogP contribution in [-0.2, 0) is 6.42 Å². The van der Waals surface area contributed by atoms with Gasteiger partial charge >= 0.3 is 6.03 Å². The van der Waals surface area contributed by atoms with Crippen molar-refractivity contribution in [3.05, 3.63) is 65.2 Å². The van der Waals surface area contributed by atoms with E-state index in [1.54, 1.807) is 36.4 Å². The van der Waals surface area contributed by atoms with Gasteiger partial charge in [-0.3, -0.25) is 4.79 Å². The largest absolute Gasteiger partial charge is 0.323 e. The zero-order chi connectivity index (χ0) is 18.4. The lowest BCUT2D eigenvalue weighted by Crippen LogP contribution is -2.19. The molecule has 0 radical (unpaired) electrons. The van der Waals surface area contributed by atoms with Crippen LogP contribution in [0.3, 0.4) is 0 Å². The van der Waals surface area contributed by atoms with Gasteiger partial charge in [0.25, 0.3) is 5.91 Å². The Bertz CT molecular complexity index is 893. The van der Waals surface area contributed by atoms with Crippen LogP contribution in [0.25, 0.3) is 0 Å². The Kier molecular flexibility index (Phi) is 5.55. The van der Waals surface area contributed by atoms with Crippen LogP contribution in [0, 0.1) is 0 Å². The van der Waals surface area contributed by atoms with Crippen molar-refractivity contribution in [2.45, 2.75) is 13.3 Å². The monoisotopic (exact) mass is 367 g/mol. The molecule has 26 heavy (non-hydrogen) atoms. The number of nitrogens with zero attached hydrogens (tertiary/aromatic N) is 2. The zero-order valence-corrected chi connectivity index (χ0v) is 14.8. The number of aromatic nitrogens is 2. The first-order chi connectivity index (χ1) is 12.7. The molecule has 1 aromatic heterocycles. The van der Waals surface area contributed by atoms with Crippen molar-refractivity contribution in [2.24, 2.45) is 0 Å². The molecule has 0 saturated heterocycles. The highest BCUT2D eigenvalue weighted by Crippen LogP contribution is 2.17. The van der Waals surface area contributed by atoms with E-state index in [1.165, 1.54) is 0 Å². The van der Waals surface area contributed by atoms with Crippen molar-refractivity contribution in [3.8, 4) is 0 Å². The standard InChI is InChI=1S/C18H17N5O2S/c1-2-15-16(26-23-22-15)17(24)19-13-8-10-14(11-9-13)21-18(25)20-12-6-4-3-5-7-12/h3-11H,2H2,1H3,(H,19,24)(H2,20,21,25). The topological polar surface area (TPSA) is 96.0 Å². The Morgan fingerprint density at radius 1 is 0.885 bits per heavy atom. The van der Waals surface area contributed by atoms with Crippen LogP contribution in [0.4, 0.5) is 21.9 Å². The lowest BCUT2D eigenvalue weighted by Gasteiger charge is -2.09. The second-order valence-corrected chi connectivity index (χ2v) is 6.13. The molecule has 0 aliphatic rings. The molecule has 2 aromatic carbocycles. The van der Waals surface area contributed by atoms with Gasteiger partial charge in [0, 0.05) is 17.1 Å². The second kappa shape index (κ2) is 8.21. The maximum absolute atomic E-state index is 12.3. The van der Waals surface area contributed by atoms with E-state index in [0.29, 0.717) is 34.1 Å². The Labute approximate surface area is 154 Å². The summed E-state index contributed by atoms with van der Waals surface area (Å²) in [6.07, 6.45) is 0.651. The predicted molar refractivity (Wildman–Crippen MR) is 103 cm³/mol. The van der Waals surface area contributed by atoms with Gasteiger partial charge in [-0.1, -0.05) is 29.6 Å². The number of para-hydroxylation sites is 1. The van der Waals surface area contributed by atoms with Gasteiger partial charge in [-0.2, -0.15) is 0 Å². The third-order valence-corrected chi connectivity index (χ3v) is 4.30. The normalized spacial score (nSPS) is 10.2. The van der Waals surface area contributed by atoms with Gasteiger partial charge in [0.1, 0.15) is 4.88 Å². The molecule has 3 N–H and O–H groups in total. The van der Waals surface area contributed by atoms with E-state index < -0.39 is 0 Å². The molecule has 7 nitrogen and oxygen atoms in total. The number of anilines is 3. The smallest absolute Gasteiger partial charge is 0.321 e. The number of hydrogen-bond donors (Lipinski definition) is 3. The first kappa shape index (κ1) is 17.6. The summed E-state index contributed by atoms with van der Waals surface area (Å²) in [5.41, 5.74) is 2.63. The highest BCUT2D eigenvalue weighted by Gasteiger charge is 2.15. The predicted octanol–water partition coefficient (Wildman–Crippen LogP) is 4.00. The lowest BCUT2D eigenvalue weighted by atomic mass is 10.2. The van der Waals surface area contributed by atoms with Crippen LogP contribution < -0.4 is 16.0 Å². The van der Waals surface area contributed by atoms with Crippen LogP contribution in [-0.4, -0.2) is 21.5 Å². The van der Waals surface area contributed by atoms with Crippen molar-refractivity contribution < 1.29 is 9.59 Å². The molecule has 0 atom stereocenters. The Morgan fingerprint density at radius 3 is 2.08 bits per heavy atom. The number of carbonyl (C=O) groups excluding carboxylic acids is 2. The minimum Gasteiger partial charge on any atom is -0.321 e. The van der Waals surface area contributed by atoms with Crippen molar-refractivity contribution in [1.29, 1.82) is 0 Å². The molecule has 0 aliphatic heterocycles. The lowest BCUT2D eigenvalue weighted by molar-refractivity contribution is 0.102. The molecule has 132 valence electrons. The first-order valence-corrected chi connectivity index (χ1v) is 8.78. The summed E-state index contributed by atoms with van der Waals surface area (Å²) in [6.45, 7) is 1.93. The molecular formula is C18H17N5O2S. The van der Waals surface area contributed by atoms with E-state index in [2.05, 4.69) is 25.5 Å². The van der Waals surface area contributed by atoms with Gasteiger partial charge in [-0.05, 0) is 54.4 Å². The molecule has 8 heteroatoms. The minimum atomic E-state index is -0.337. The highest BCUT2D eigenvalue weighted by molar-refractivity contribution is 7.08. The highest BCUT2D eigenvalue weighted by atomic mass is 32.1. The summed E-state index contributed by atoms with van der Waals surface area (Å²) in [4.78, 5) is 24.7. The number of urea groups is 1. The van der Waals surface area contributed by atoms with Crippen molar-refractivity contribution in [1.82, 2.24) is 9.59 Å². The van der Waals surface area contributed by atoms with E-state index in [9.17, 15) is 9.59 Å². The summed E-state index contributed by atoms with van der Waals surface area (Å²) >= 11 is 1.08. The van der Waals surface area contributed by atoms with Crippen LogP contribution in [0.15, 0.2) is 54.6 Å². The van der Waals surface area contributed by atoms with Crippen LogP contribution in [0.1, 0.15) is 22.3 Å². The molecule has 1 heterocycles. The molecule has 0 unspecified atom stereocenters. The molecule has 3 aromatic rings. The summed E-state index contributed by atoms with van der Waals surface area (Å²) in [5.74, 6) is -0.237. The summed E-state index contributed by atoms with van der Waals surface area (Å²) < 4.78 is 3.81. The first-order valence-electron chi connectivity index (χ1n) is 8.01. The fourth-order valence-corrected chi connectivity index (χ4v) is 2.90. The second-order valence-electron chi connectivity index (χ2n) is 5.38. The SMILES string of the molecule is CCc1nnsc1C(=O)Nc1ccc(NC(=O)Nc2ccccc2)cc1. The van der Waals surface area contributed by atoms with Gasteiger partial charge in [0.2, 0.25) is 0 Å². The summed E-state index contributed by atoms with van der Waals surface area (Å²) in [6, 6.07) is 15.7. The number of amides is 3. The molecular weight excluding hydrogens is 350 g/mol. The molecule has 0 spiro atoms. The quantitative estimate of drug-likeness (QED) is 0.635. The summed E-state index contributed by atoms with van der Waals surface area (Å²) in [5, 5.41) is 12.2. The fraction of sp³-hybridized carbons (Fsp3) is 0.111. The van der Waals surface area contributed by atoms with Crippen LogP contribution in [0.5, 0.6) is 0 Å². The molecule has 3 amide bonds. The molecule has 3 rings (SSSR count). The van der Waals surface area contributed by atoms with E-state index in [4.69, 9.17) is 0 Å². The zero-order valence-electron chi connectivity index (χ0n) is 14.0. The molecule has 0 aliphatic carbocycles. The van der Waals surface area contributed by atoms with Crippen LogP contribution >= 0.6 is 11.5 Å². The number of carbonyl (C=O) groups is 2. The number of benzene rings is 2. The Morgan fingerprint density at radius 2 is 1.46 bits per heavy atom. The third kappa shape index (κ3) is 4.42. The maximum atomic E-state index is 12.3. The van der Waals surface area contributed by atoms with E-state index in [-0.39, 0.29) is 11.9 Å². The number of aryl methyl sites for hydroxylation is 1. The van der Waals surface area contributed by atoms with Gasteiger partial charge in [-0.25, -0.2) is 4.79 Å². The van der Waals surface area contributed by atoms with Crippen molar-refractivity contribution >= 4 is 40.5 Å². The Hall–Kier alpha value is -3.26. The minimum absolute atomic E-state index is 0.237. The average Bonchev–Trinajstić information content (AvgIpc) is 3.13. The third-order valence-electron chi connectivity index (χ3n) is 3.53. The fourth-order valence-electron chi connectivity index (χ4n) is 2.25. The number of rotatable bonds is 5. The van der Waals surface area contributed by atoms with Crippen LogP contribution in [0.2, 0.25) is 0 Å². The average molecular weight is 367 g/mol. The maximum Gasteiger partial charge on any atom is 0.323 e. The Balaban J connectivity index is 1.58. The van der Waals surface area contributed by atoms with Gasteiger partial charge in [-0.15, -0.1) is 5.10 Å². The molecule has 0 bridgehead atoms. The van der Waals surface area contributed by atoms with Gasteiger partial charge in [0.15, 0.2) is 0 Å². The van der Waals surface area contributed by atoms with Gasteiger partial charge < -0.3 is 16.0 Å². The van der Waals surface area contributed by atoms with E-state index >= 15 is 0 Å². The number of hydrogen-bond acceptors (Lipinski definition) is 5. The molecule has 0 saturated carbocycles.